The highest BCUT2D eigenvalue weighted by Gasteiger charge is 2.54. The molecule has 0 spiro atoms. The summed E-state index contributed by atoms with van der Waals surface area (Å²) in [6.45, 7) is 0.926. The number of nitro benzene ring substituents is 1. The van der Waals surface area contributed by atoms with Crippen LogP contribution in [-0.4, -0.2) is 157 Å². The molecule has 1 amide bonds. The Kier molecular flexibility index (Phi) is 11.6. The first-order valence-corrected chi connectivity index (χ1v) is 14.0. The van der Waals surface area contributed by atoms with Gasteiger partial charge < -0.3 is 74.6 Å². The number of benzene rings is 1. The third-order valence-electron chi connectivity index (χ3n) is 7.74. The molecule has 4 rings (SSSR count). The molecule has 3 aliphatic rings. The molecule has 0 aliphatic carbocycles. The Morgan fingerprint density at radius 3 is 1.96 bits per heavy atom. The molecule has 0 aromatic heterocycles. The van der Waals surface area contributed by atoms with Gasteiger partial charge in [-0.3, -0.25) is 14.9 Å². The molecule has 15 unspecified atom stereocenters. The summed E-state index contributed by atoms with van der Waals surface area (Å²) in [6.07, 6.45) is -22.6. The summed E-state index contributed by atoms with van der Waals surface area (Å²) in [7, 11) is 0. The van der Waals surface area contributed by atoms with Gasteiger partial charge in [0.15, 0.2) is 12.6 Å². The number of nitrogens with one attached hydrogen (secondary N) is 1. The van der Waals surface area contributed by atoms with E-state index in [1.807, 2.05) is 0 Å². The van der Waals surface area contributed by atoms with E-state index in [1.165, 1.54) is 19.1 Å². The van der Waals surface area contributed by atoms with Crippen LogP contribution in [0.5, 0.6) is 5.75 Å². The topological polar surface area (TPSA) is 289 Å². The second-order valence-electron chi connectivity index (χ2n) is 10.9. The number of nitro groups is 1. The molecule has 45 heavy (non-hydrogen) atoms. The average molecular weight is 651 g/mol. The zero-order valence-electron chi connectivity index (χ0n) is 24.1. The molecule has 19 nitrogen and oxygen atoms in total. The fourth-order valence-electron chi connectivity index (χ4n) is 5.25. The molecule has 0 saturated carbocycles. The first-order chi connectivity index (χ1) is 21.3. The highest BCUT2D eigenvalue weighted by atomic mass is 16.8. The fraction of sp³-hybridized carbons (Fsp3) is 0.731. The Morgan fingerprint density at radius 1 is 0.800 bits per heavy atom. The van der Waals surface area contributed by atoms with E-state index in [2.05, 4.69) is 5.32 Å². The summed E-state index contributed by atoms with van der Waals surface area (Å²) >= 11 is 0. The lowest BCUT2D eigenvalue weighted by Gasteiger charge is -2.49. The van der Waals surface area contributed by atoms with Gasteiger partial charge in [-0.15, -0.1) is 0 Å². The number of hydrogen-bond acceptors (Lipinski definition) is 17. The van der Waals surface area contributed by atoms with Crippen LogP contribution >= 0.6 is 0 Å². The minimum atomic E-state index is -1.88. The normalized spacial score (nSPS) is 42.1. The van der Waals surface area contributed by atoms with Gasteiger partial charge in [0, 0.05) is 19.1 Å². The van der Waals surface area contributed by atoms with E-state index in [0.717, 1.165) is 19.1 Å². The Hall–Kier alpha value is -2.63. The zero-order chi connectivity index (χ0) is 33.2. The van der Waals surface area contributed by atoms with Gasteiger partial charge in [0.2, 0.25) is 12.2 Å². The predicted octanol–water partition coefficient (Wildman–Crippen LogP) is -4.41. The number of hydrogen-bond donors (Lipinski definition) is 9. The maximum atomic E-state index is 12.2. The number of non-ortho nitro benzene ring substituents is 1. The van der Waals surface area contributed by atoms with Gasteiger partial charge in [0.05, 0.1) is 24.2 Å². The molecular weight excluding hydrogens is 612 g/mol. The molecule has 3 heterocycles. The number of aliphatic hydroxyl groups excluding tert-OH is 8. The average Bonchev–Trinajstić information content (AvgIpc) is 3.00. The Balaban J connectivity index is 1.64. The Bertz CT molecular complexity index is 1140. The highest BCUT2D eigenvalue weighted by Crippen LogP contribution is 2.33. The molecule has 9 N–H and O–H groups in total. The number of rotatable bonds is 10. The molecule has 1 aromatic carbocycles. The van der Waals surface area contributed by atoms with Crippen molar-refractivity contribution in [1.29, 1.82) is 0 Å². The molecule has 19 heteroatoms. The van der Waals surface area contributed by atoms with Crippen molar-refractivity contribution in [2.45, 2.75) is 106 Å². The van der Waals surface area contributed by atoms with Gasteiger partial charge in [0.25, 0.3) is 5.69 Å². The van der Waals surface area contributed by atoms with Crippen molar-refractivity contribution < 1.29 is 79.0 Å². The zero-order valence-corrected chi connectivity index (χ0v) is 24.1. The summed E-state index contributed by atoms with van der Waals surface area (Å²) < 4.78 is 34.3. The van der Waals surface area contributed by atoms with Gasteiger partial charge in [-0.2, -0.15) is 0 Å². The first-order valence-electron chi connectivity index (χ1n) is 14.0. The van der Waals surface area contributed by atoms with E-state index in [0.29, 0.717) is 0 Å². The minimum absolute atomic E-state index is 0.0418. The van der Waals surface area contributed by atoms with Gasteiger partial charge in [-0.05, 0) is 19.1 Å². The van der Waals surface area contributed by atoms with E-state index >= 15 is 0 Å². The lowest BCUT2D eigenvalue weighted by atomic mass is 9.95. The highest BCUT2D eigenvalue weighted by molar-refractivity contribution is 5.73. The standard InChI is InChI=1S/C26H38N2O17/c1-9-16(32)19(35)21(37)25(40-9)45-23-20(36)17(33)13(7-29)43-26(23)44-22-15(27-10(2)31)24(42-14(8-30)18(22)34)41-12-5-3-11(4-6-12)28(38)39/h3-6,9,13-26,29-30,32-37H,7-8H2,1-2H3,(H,27,31). The van der Waals surface area contributed by atoms with Crippen LogP contribution in [0.3, 0.4) is 0 Å². The minimum Gasteiger partial charge on any atom is -0.463 e. The second-order valence-corrected chi connectivity index (χ2v) is 10.9. The van der Waals surface area contributed by atoms with Crippen molar-refractivity contribution in [3.63, 3.8) is 0 Å². The van der Waals surface area contributed by atoms with Crippen LogP contribution < -0.4 is 10.1 Å². The van der Waals surface area contributed by atoms with Crippen LogP contribution in [0, 0.1) is 10.1 Å². The van der Waals surface area contributed by atoms with E-state index in [9.17, 15) is 55.8 Å². The number of aliphatic hydroxyl groups is 8. The SMILES string of the molecule is CC(=O)NC1C(Oc2ccc([N+](=O)[O-])cc2)OC(CO)C(O)C1OC1OC(CO)C(O)C(O)C1OC1OC(C)C(O)C(O)C1O. The summed E-state index contributed by atoms with van der Waals surface area (Å²) in [5, 5.41) is 96.6. The largest absolute Gasteiger partial charge is 0.463 e. The third kappa shape index (κ3) is 7.68. The molecule has 3 saturated heterocycles. The third-order valence-corrected chi connectivity index (χ3v) is 7.74. The number of nitrogens with zero attached hydrogens (tertiary/aromatic N) is 1. The summed E-state index contributed by atoms with van der Waals surface area (Å²) in [6, 6.07) is 3.41. The second kappa shape index (κ2) is 14.9. The smallest absolute Gasteiger partial charge is 0.269 e. The van der Waals surface area contributed by atoms with E-state index < -0.39 is 116 Å². The Labute approximate surface area is 255 Å². The number of carbonyl (C=O) groups is 1. The van der Waals surface area contributed by atoms with Crippen LogP contribution in [0.4, 0.5) is 5.69 Å². The maximum absolute atomic E-state index is 12.2. The van der Waals surface area contributed by atoms with Gasteiger partial charge in [-0.25, -0.2) is 0 Å². The van der Waals surface area contributed by atoms with Crippen molar-refractivity contribution in [3.8, 4) is 5.75 Å². The monoisotopic (exact) mass is 650 g/mol. The molecule has 3 aliphatic heterocycles. The predicted molar refractivity (Wildman–Crippen MR) is 143 cm³/mol. The van der Waals surface area contributed by atoms with Crippen molar-refractivity contribution >= 4 is 11.6 Å². The van der Waals surface area contributed by atoms with Crippen LogP contribution in [0.25, 0.3) is 0 Å². The quantitative estimate of drug-likeness (QED) is 0.0853. The Morgan fingerprint density at radius 2 is 1.38 bits per heavy atom. The van der Waals surface area contributed by atoms with Gasteiger partial charge in [0.1, 0.15) is 72.8 Å². The number of carbonyl (C=O) groups excluding carboxylic acids is 1. The van der Waals surface area contributed by atoms with E-state index in [4.69, 9.17) is 28.4 Å². The molecule has 0 radical (unpaired) electrons. The van der Waals surface area contributed by atoms with Crippen molar-refractivity contribution in [3.05, 3.63) is 34.4 Å². The molecule has 0 bridgehead atoms. The van der Waals surface area contributed by atoms with Gasteiger partial charge in [-0.1, -0.05) is 0 Å². The number of ether oxygens (including phenoxy) is 6. The van der Waals surface area contributed by atoms with Crippen LogP contribution in [0.15, 0.2) is 24.3 Å². The van der Waals surface area contributed by atoms with E-state index in [-0.39, 0.29) is 11.4 Å². The molecule has 15 atom stereocenters. The molecular formula is C26H38N2O17. The van der Waals surface area contributed by atoms with Crippen molar-refractivity contribution in [1.82, 2.24) is 5.32 Å². The summed E-state index contributed by atoms with van der Waals surface area (Å²) in [5.74, 6) is -0.606. The number of amides is 1. The maximum Gasteiger partial charge on any atom is 0.269 e. The molecule has 254 valence electrons. The molecule has 3 fully saturated rings. The fourth-order valence-corrected chi connectivity index (χ4v) is 5.25. The van der Waals surface area contributed by atoms with Crippen LogP contribution in [-0.2, 0) is 28.5 Å². The van der Waals surface area contributed by atoms with Crippen LogP contribution in [0.1, 0.15) is 13.8 Å². The summed E-state index contributed by atoms with van der Waals surface area (Å²) in [4.78, 5) is 22.6. The van der Waals surface area contributed by atoms with Gasteiger partial charge >= 0.3 is 0 Å². The van der Waals surface area contributed by atoms with Crippen molar-refractivity contribution in [2.75, 3.05) is 13.2 Å². The molecule has 1 aromatic rings. The van der Waals surface area contributed by atoms with Crippen LogP contribution in [0.2, 0.25) is 0 Å². The van der Waals surface area contributed by atoms with Crippen molar-refractivity contribution in [2.24, 2.45) is 0 Å². The summed E-state index contributed by atoms with van der Waals surface area (Å²) in [5.41, 5.74) is -0.238. The lowest BCUT2D eigenvalue weighted by Crippen LogP contribution is -2.69. The lowest BCUT2D eigenvalue weighted by molar-refractivity contribution is -0.384. The first kappa shape index (κ1) is 35.2. The van der Waals surface area contributed by atoms with E-state index in [1.54, 1.807) is 0 Å².